The number of benzene rings is 2. The van der Waals surface area contributed by atoms with Crippen LogP contribution in [0.2, 0.25) is 0 Å². The molecule has 2 aromatic rings. The van der Waals surface area contributed by atoms with Crippen LogP contribution in [0, 0.1) is 0 Å². The van der Waals surface area contributed by atoms with Gasteiger partial charge in [-0.1, -0.05) is 6.07 Å². The summed E-state index contributed by atoms with van der Waals surface area (Å²) in [4.78, 5) is 27.1. The van der Waals surface area contributed by atoms with Gasteiger partial charge in [-0.25, -0.2) is 0 Å². The van der Waals surface area contributed by atoms with Gasteiger partial charge in [0.15, 0.2) is 0 Å². The largest absolute Gasteiger partial charge is 0.385 e. The lowest BCUT2D eigenvalue weighted by Gasteiger charge is -2.17. The highest BCUT2D eigenvalue weighted by atomic mass is 16.5. The molecule has 1 aliphatic heterocycles. The van der Waals surface area contributed by atoms with E-state index in [1.165, 1.54) is 18.5 Å². The first-order valence-electron chi connectivity index (χ1n) is 9.71. The Morgan fingerprint density at radius 3 is 2.36 bits per heavy atom. The molecule has 0 aromatic heterocycles. The zero-order valence-corrected chi connectivity index (χ0v) is 16.2. The van der Waals surface area contributed by atoms with Crippen LogP contribution in [-0.4, -0.2) is 45.2 Å². The predicted molar refractivity (Wildman–Crippen MR) is 111 cm³/mol. The molecule has 0 unspecified atom stereocenters. The average molecular weight is 381 g/mol. The minimum Gasteiger partial charge on any atom is -0.385 e. The molecule has 6 nitrogen and oxygen atoms in total. The highest BCUT2D eigenvalue weighted by Crippen LogP contribution is 2.22. The molecule has 0 atom stereocenters. The van der Waals surface area contributed by atoms with Crippen LogP contribution in [0.15, 0.2) is 48.5 Å². The number of carbonyl (C=O) groups excluding carboxylic acids is 2. The fraction of sp³-hybridized carbons (Fsp3) is 0.364. The van der Waals surface area contributed by atoms with Crippen LogP contribution in [0.5, 0.6) is 0 Å². The molecule has 2 aromatic carbocycles. The molecule has 0 spiro atoms. The zero-order chi connectivity index (χ0) is 19.8. The van der Waals surface area contributed by atoms with E-state index in [4.69, 9.17) is 4.74 Å². The highest BCUT2D eigenvalue weighted by molar-refractivity contribution is 6.06. The van der Waals surface area contributed by atoms with Crippen molar-refractivity contribution in [3.05, 3.63) is 59.7 Å². The van der Waals surface area contributed by atoms with E-state index in [0.29, 0.717) is 24.3 Å². The molecule has 28 heavy (non-hydrogen) atoms. The fourth-order valence-corrected chi connectivity index (χ4v) is 3.26. The first kappa shape index (κ1) is 19.9. The van der Waals surface area contributed by atoms with Gasteiger partial charge in [0.1, 0.15) is 0 Å². The molecule has 0 radical (unpaired) electrons. The van der Waals surface area contributed by atoms with Crippen LogP contribution in [0.3, 0.4) is 0 Å². The Bertz CT molecular complexity index is 799. The SMILES string of the molecule is COCCCNC(=O)c1cccc(C(=O)Nc2ccc(N3CCCC3)cc2)c1. The summed E-state index contributed by atoms with van der Waals surface area (Å²) in [6.45, 7) is 3.31. The fourth-order valence-electron chi connectivity index (χ4n) is 3.26. The van der Waals surface area contributed by atoms with Crippen LogP contribution in [0.25, 0.3) is 0 Å². The summed E-state index contributed by atoms with van der Waals surface area (Å²) in [5.41, 5.74) is 2.84. The Kier molecular flexibility index (Phi) is 7.03. The van der Waals surface area contributed by atoms with E-state index >= 15 is 0 Å². The van der Waals surface area contributed by atoms with E-state index in [1.54, 1.807) is 31.4 Å². The Morgan fingerprint density at radius 2 is 1.68 bits per heavy atom. The summed E-state index contributed by atoms with van der Waals surface area (Å²) in [6, 6.07) is 14.6. The lowest BCUT2D eigenvalue weighted by Crippen LogP contribution is -2.25. The third kappa shape index (κ3) is 5.33. The smallest absolute Gasteiger partial charge is 0.255 e. The molecule has 2 amide bonds. The normalized spacial score (nSPS) is 13.4. The van der Waals surface area contributed by atoms with E-state index in [1.807, 2.05) is 24.3 Å². The van der Waals surface area contributed by atoms with Crippen molar-refractivity contribution in [1.82, 2.24) is 5.32 Å². The van der Waals surface area contributed by atoms with Gasteiger partial charge < -0.3 is 20.3 Å². The summed E-state index contributed by atoms with van der Waals surface area (Å²) >= 11 is 0. The standard InChI is InChI=1S/C22H27N3O3/c1-28-15-5-12-23-21(26)17-6-4-7-18(16-17)22(27)24-19-8-10-20(11-9-19)25-13-2-3-14-25/h4,6-11,16H,2-3,5,12-15H2,1H3,(H,23,26)(H,24,27). The van der Waals surface area contributed by atoms with Gasteiger partial charge in [-0.05, 0) is 61.7 Å². The molecule has 1 saturated heterocycles. The second-order valence-electron chi connectivity index (χ2n) is 6.88. The lowest BCUT2D eigenvalue weighted by atomic mass is 10.1. The number of amides is 2. The number of nitrogens with one attached hydrogen (secondary N) is 2. The van der Waals surface area contributed by atoms with Gasteiger partial charge in [0.2, 0.25) is 0 Å². The van der Waals surface area contributed by atoms with E-state index in [9.17, 15) is 9.59 Å². The van der Waals surface area contributed by atoms with Gasteiger partial charge >= 0.3 is 0 Å². The van der Waals surface area contributed by atoms with Gasteiger partial charge in [-0.15, -0.1) is 0 Å². The molecule has 0 aliphatic carbocycles. The van der Waals surface area contributed by atoms with Crippen molar-refractivity contribution in [2.24, 2.45) is 0 Å². The summed E-state index contributed by atoms with van der Waals surface area (Å²) in [5, 5.41) is 5.72. The van der Waals surface area contributed by atoms with Gasteiger partial charge in [-0.3, -0.25) is 9.59 Å². The molecule has 0 bridgehead atoms. The Balaban J connectivity index is 1.58. The maximum Gasteiger partial charge on any atom is 0.255 e. The Hall–Kier alpha value is -2.86. The number of anilines is 2. The monoisotopic (exact) mass is 381 g/mol. The van der Waals surface area contributed by atoms with E-state index in [0.717, 1.165) is 25.2 Å². The number of carbonyl (C=O) groups is 2. The minimum atomic E-state index is -0.233. The molecule has 2 N–H and O–H groups in total. The lowest BCUT2D eigenvalue weighted by molar-refractivity contribution is 0.0948. The molecular weight excluding hydrogens is 354 g/mol. The van der Waals surface area contributed by atoms with Gasteiger partial charge in [0.25, 0.3) is 11.8 Å². The van der Waals surface area contributed by atoms with Gasteiger partial charge in [0.05, 0.1) is 0 Å². The van der Waals surface area contributed by atoms with Crippen molar-refractivity contribution in [2.75, 3.05) is 43.6 Å². The first-order valence-corrected chi connectivity index (χ1v) is 9.71. The zero-order valence-electron chi connectivity index (χ0n) is 16.2. The summed E-state index contributed by atoms with van der Waals surface area (Å²) in [5.74, 6) is -0.427. The maximum atomic E-state index is 12.6. The summed E-state index contributed by atoms with van der Waals surface area (Å²) in [6.07, 6.45) is 3.21. The number of nitrogens with zero attached hydrogens (tertiary/aromatic N) is 1. The highest BCUT2D eigenvalue weighted by Gasteiger charge is 2.13. The summed E-state index contributed by atoms with van der Waals surface area (Å²) in [7, 11) is 1.63. The second kappa shape index (κ2) is 9.90. The predicted octanol–water partition coefficient (Wildman–Crippen LogP) is 3.31. The quantitative estimate of drug-likeness (QED) is 0.689. The molecular formula is C22H27N3O3. The van der Waals surface area contributed by atoms with E-state index < -0.39 is 0 Å². The molecule has 1 aliphatic rings. The van der Waals surface area contributed by atoms with Crippen LogP contribution in [-0.2, 0) is 4.74 Å². The molecule has 1 heterocycles. The van der Waals surface area contributed by atoms with Crippen molar-refractivity contribution in [2.45, 2.75) is 19.3 Å². The molecule has 6 heteroatoms. The number of hydrogen-bond acceptors (Lipinski definition) is 4. The number of ether oxygens (including phenoxy) is 1. The molecule has 0 saturated carbocycles. The number of hydrogen-bond donors (Lipinski definition) is 2. The maximum absolute atomic E-state index is 12.6. The van der Waals surface area contributed by atoms with Crippen LogP contribution >= 0.6 is 0 Å². The van der Waals surface area contributed by atoms with Crippen LogP contribution < -0.4 is 15.5 Å². The third-order valence-electron chi connectivity index (χ3n) is 4.79. The van der Waals surface area contributed by atoms with Crippen molar-refractivity contribution >= 4 is 23.2 Å². The average Bonchev–Trinajstić information content (AvgIpc) is 3.26. The Morgan fingerprint density at radius 1 is 1.00 bits per heavy atom. The number of rotatable bonds is 8. The second-order valence-corrected chi connectivity index (χ2v) is 6.88. The van der Waals surface area contributed by atoms with Crippen LogP contribution in [0.4, 0.5) is 11.4 Å². The van der Waals surface area contributed by atoms with E-state index in [-0.39, 0.29) is 11.8 Å². The molecule has 3 rings (SSSR count). The third-order valence-corrected chi connectivity index (χ3v) is 4.79. The van der Waals surface area contributed by atoms with Gasteiger partial charge in [0, 0.05) is 55.9 Å². The van der Waals surface area contributed by atoms with Crippen molar-refractivity contribution in [1.29, 1.82) is 0 Å². The number of methoxy groups -OCH3 is 1. The van der Waals surface area contributed by atoms with Crippen molar-refractivity contribution in [3.8, 4) is 0 Å². The molecule has 148 valence electrons. The summed E-state index contributed by atoms with van der Waals surface area (Å²) < 4.78 is 4.97. The first-order chi connectivity index (χ1) is 13.7. The minimum absolute atomic E-state index is 0.194. The van der Waals surface area contributed by atoms with Crippen molar-refractivity contribution < 1.29 is 14.3 Å². The van der Waals surface area contributed by atoms with Gasteiger partial charge in [-0.2, -0.15) is 0 Å². The van der Waals surface area contributed by atoms with Crippen LogP contribution in [0.1, 0.15) is 40.0 Å². The Labute approximate surface area is 165 Å². The topological polar surface area (TPSA) is 70.7 Å². The molecule has 1 fully saturated rings. The van der Waals surface area contributed by atoms with Crippen molar-refractivity contribution in [3.63, 3.8) is 0 Å². The van der Waals surface area contributed by atoms with E-state index in [2.05, 4.69) is 15.5 Å².